The summed E-state index contributed by atoms with van der Waals surface area (Å²) in [5.74, 6) is 0. The average molecular weight is 165 g/mol. The topological polar surface area (TPSA) is 58.7 Å². The van der Waals surface area contributed by atoms with Gasteiger partial charge in [-0.15, -0.1) is 0 Å². The Kier molecular flexibility index (Phi) is 2.08. The third-order valence-electron chi connectivity index (χ3n) is 1.70. The predicted molar refractivity (Wildman–Crippen MR) is 46.7 cm³/mol. The molecule has 0 aliphatic heterocycles. The number of aromatic nitrogens is 2. The highest BCUT2D eigenvalue weighted by atomic mass is 16.1. The smallest absolute Gasteiger partial charge is 0.262 e. The lowest BCUT2D eigenvalue weighted by Gasteiger charge is -2.03. The van der Waals surface area contributed by atoms with Crippen molar-refractivity contribution >= 4 is 5.71 Å². The van der Waals surface area contributed by atoms with Gasteiger partial charge >= 0.3 is 0 Å². The fourth-order valence-corrected chi connectivity index (χ4v) is 1.05. The molecule has 64 valence electrons. The van der Waals surface area contributed by atoms with Gasteiger partial charge < -0.3 is 9.98 Å². The van der Waals surface area contributed by atoms with E-state index in [1.807, 2.05) is 0 Å². The molecule has 0 aliphatic carbocycles. The quantitative estimate of drug-likeness (QED) is 0.615. The fraction of sp³-hybridized carbons (Fsp3) is 0.375. The van der Waals surface area contributed by atoms with Gasteiger partial charge in [-0.2, -0.15) is 0 Å². The van der Waals surface area contributed by atoms with E-state index >= 15 is 0 Å². The molecule has 1 aromatic rings. The lowest BCUT2D eigenvalue weighted by molar-refractivity contribution is 0.809. The molecule has 0 aromatic carbocycles. The Morgan fingerprint density at radius 2 is 2.25 bits per heavy atom. The highest BCUT2D eigenvalue weighted by Crippen LogP contribution is 1.97. The molecule has 0 atom stereocenters. The van der Waals surface area contributed by atoms with Gasteiger partial charge in [-0.25, -0.2) is 4.98 Å². The first-order valence-corrected chi connectivity index (χ1v) is 3.61. The molecule has 1 N–H and O–H groups in total. The van der Waals surface area contributed by atoms with E-state index in [0.29, 0.717) is 11.3 Å². The van der Waals surface area contributed by atoms with Gasteiger partial charge in [0.25, 0.3) is 5.56 Å². The van der Waals surface area contributed by atoms with Crippen molar-refractivity contribution in [1.82, 2.24) is 9.55 Å². The lowest BCUT2D eigenvalue weighted by Crippen LogP contribution is -2.25. The summed E-state index contributed by atoms with van der Waals surface area (Å²) in [5.41, 5.74) is 1.13. The highest BCUT2D eigenvalue weighted by Gasteiger charge is 2.07. The van der Waals surface area contributed by atoms with E-state index in [9.17, 15) is 4.79 Å². The predicted octanol–water partition coefficient (Wildman–Crippen LogP) is 0.476. The van der Waals surface area contributed by atoms with Crippen LogP contribution in [0.15, 0.2) is 11.1 Å². The normalized spacial score (nSPS) is 9.92. The van der Waals surface area contributed by atoms with Crippen molar-refractivity contribution in [2.24, 2.45) is 7.05 Å². The summed E-state index contributed by atoms with van der Waals surface area (Å²) in [6, 6.07) is 0. The van der Waals surface area contributed by atoms with Gasteiger partial charge in [-0.05, 0) is 13.8 Å². The molecule has 1 aromatic heterocycles. The van der Waals surface area contributed by atoms with Crippen LogP contribution in [0.4, 0.5) is 0 Å². The Balaban J connectivity index is 3.55. The Hall–Kier alpha value is -1.45. The van der Waals surface area contributed by atoms with E-state index in [2.05, 4.69) is 4.98 Å². The molecule has 0 saturated carbocycles. The molecule has 1 rings (SSSR count). The summed E-state index contributed by atoms with van der Waals surface area (Å²) in [5, 5.41) is 7.36. The van der Waals surface area contributed by atoms with Crippen molar-refractivity contribution in [3.8, 4) is 0 Å². The standard InChI is InChI=1S/C8H11N3O/c1-5(9)7-6(2)10-4-11(3)8(7)12/h4,9H,1-3H3. The molecule has 0 saturated heterocycles. The van der Waals surface area contributed by atoms with Gasteiger partial charge in [-0.3, -0.25) is 4.79 Å². The van der Waals surface area contributed by atoms with Gasteiger partial charge in [0, 0.05) is 12.8 Å². The molecule has 0 spiro atoms. The van der Waals surface area contributed by atoms with E-state index in [0.717, 1.165) is 0 Å². The van der Waals surface area contributed by atoms with Crippen LogP contribution in [-0.2, 0) is 7.05 Å². The molecule has 0 radical (unpaired) electrons. The molecule has 12 heavy (non-hydrogen) atoms. The van der Waals surface area contributed by atoms with Crippen LogP contribution < -0.4 is 5.56 Å². The first kappa shape index (κ1) is 8.64. The monoisotopic (exact) mass is 165 g/mol. The molecule has 4 heteroatoms. The third kappa shape index (κ3) is 1.28. The number of hydrogen-bond donors (Lipinski definition) is 1. The first-order valence-electron chi connectivity index (χ1n) is 3.61. The van der Waals surface area contributed by atoms with Crippen molar-refractivity contribution in [1.29, 1.82) is 5.41 Å². The van der Waals surface area contributed by atoms with Crippen LogP contribution in [-0.4, -0.2) is 15.3 Å². The summed E-state index contributed by atoms with van der Waals surface area (Å²) < 4.78 is 1.38. The van der Waals surface area contributed by atoms with Crippen LogP contribution in [0.2, 0.25) is 0 Å². The fourth-order valence-electron chi connectivity index (χ4n) is 1.05. The second-order valence-electron chi connectivity index (χ2n) is 2.75. The van der Waals surface area contributed by atoms with Gasteiger partial charge in [0.15, 0.2) is 0 Å². The number of rotatable bonds is 1. The average Bonchev–Trinajstić information content (AvgIpc) is 1.97. The van der Waals surface area contributed by atoms with Gasteiger partial charge in [0.05, 0.1) is 17.6 Å². The highest BCUT2D eigenvalue weighted by molar-refractivity contribution is 5.96. The minimum Gasteiger partial charge on any atom is -0.305 e. The summed E-state index contributed by atoms with van der Waals surface area (Å²) in [4.78, 5) is 15.4. The van der Waals surface area contributed by atoms with Crippen molar-refractivity contribution in [2.75, 3.05) is 0 Å². The zero-order chi connectivity index (χ0) is 9.30. The van der Waals surface area contributed by atoms with Crippen LogP contribution in [0.3, 0.4) is 0 Å². The Morgan fingerprint density at radius 1 is 1.67 bits per heavy atom. The van der Waals surface area contributed by atoms with Gasteiger partial charge in [-0.1, -0.05) is 0 Å². The molecule has 1 heterocycles. The Morgan fingerprint density at radius 3 is 2.67 bits per heavy atom. The van der Waals surface area contributed by atoms with E-state index in [4.69, 9.17) is 5.41 Å². The first-order chi connectivity index (χ1) is 5.54. The summed E-state index contributed by atoms with van der Waals surface area (Å²) in [6.45, 7) is 3.32. The maximum atomic E-state index is 11.4. The number of nitrogens with one attached hydrogen (secondary N) is 1. The molecule has 0 unspecified atom stereocenters. The molecule has 0 amide bonds. The van der Waals surface area contributed by atoms with Crippen molar-refractivity contribution in [2.45, 2.75) is 13.8 Å². The van der Waals surface area contributed by atoms with Crippen molar-refractivity contribution in [3.05, 3.63) is 27.9 Å². The number of aryl methyl sites for hydroxylation is 2. The zero-order valence-electron chi connectivity index (χ0n) is 7.38. The Labute approximate surface area is 70.4 Å². The van der Waals surface area contributed by atoms with Gasteiger partial charge in [0.1, 0.15) is 0 Å². The lowest BCUT2D eigenvalue weighted by atomic mass is 10.1. The zero-order valence-corrected chi connectivity index (χ0v) is 7.38. The second kappa shape index (κ2) is 2.89. The van der Waals surface area contributed by atoms with Crippen molar-refractivity contribution < 1.29 is 0 Å². The van der Waals surface area contributed by atoms with Crippen LogP contribution in [0, 0.1) is 12.3 Å². The number of hydrogen-bond acceptors (Lipinski definition) is 3. The molecule has 0 bridgehead atoms. The van der Waals surface area contributed by atoms with Gasteiger partial charge in [0.2, 0.25) is 0 Å². The largest absolute Gasteiger partial charge is 0.305 e. The summed E-state index contributed by atoms with van der Waals surface area (Å²) >= 11 is 0. The molecular formula is C8H11N3O. The number of nitrogens with zero attached hydrogens (tertiary/aromatic N) is 2. The maximum Gasteiger partial charge on any atom is 0.262 e. The summed E-state index contributed by atoms with van der Waals surface area (Å²) in [7, 11) is 1.63. The maximum absolute atomic E-state index is 11.4. The van der Waals surface area contributed by atoms with E-state index in [1.54, 1.807) is 20.9 Å². The van der Waals surface area contributed by atoms with Crippen molar-refractivity contribution in [3.63, 3.8) is 0 Å². The minimum atomic E-state index is -0.157. The van der Waals surface area contributed by atoms with E-state index < -0.39 is 0 Å². The van der Waals surface area contributed by atoms with E-state index in [-0.39, 0.29) is 11.3 Å². The summed E-state index contributed by atoms with van der Waals surface area (Å²) in [6.07, 6.45) is 1.46. The Bertz CT molecular complexity index is 378. The third-order valence-corrected chi connectivity index (χ3v) is 1.70. The molecule has 0 aliphatic rings. The molecular weight excluding hydrogens is 154 g/mol. The van der Waals surface area contributed by atoms with Crippen LogP contribution in [0.25, 0.3) is 0 Å². The molecule has 0 fully saturated rings. The van der Waals surface area contributed by atoms with Crippen LogP contribution >= 0.6 is 0 Å². The van der Waals surface area contributed by atoms with Crippen LogP contribution in [0.5, 0.6) is 0 Å². The molecule has 4 nitrogen and oxygen atoms in total. The SMILES string of the molecule is CC(=N)c1c(C)ncn(C)c1=O. The minimum absolute atomic E-state index is 0.157. The van der Waals surface area contributed by atoms with E-state index in [1.165, 1.54) is 10.9 Å². The van der Waals surface area contributed by atoms with Crippen LogP contribution in [0.1, 0.15) is 18.2 Å². The second-order valence-corrected chi connectivity index (χ2v) is 2.75.